The summed E-state index contributed by atoms with van der Waals surface area (Å²) in [6.45, 7) is 0. The molecule has 3 aromatic carbocycles. The lowest BCUT2D eigenvalue weighted by molar-refractivity contribution is 0.100. The van der Waals surface area contributed by atoms with E-state index in [1.807, 2.05) is 72.8 Å². The van der Waals surface area contributed by atoms with Crippen molar-refractivity contribution in [3.63, 3.8) is 0 Å². The van der Waals surface area contributed by atoms with Crippen molar-refractivity contribution in [1.82, 2.24) is 0 Å². The third-order valence-electron chi connectivity index (χ3n) is 4.34. The first kappa shape index (κ1) is 17.1. The number of carbonyl (C=O) groups excluding carboxylic acids is 1. The van der Waals surface area contributed by atoms with Crippen LogP contribution in [0.4, 0.5) is 0 Å². The molecule has 1 heterocycles. The zero-order chi connectivity index (χ0) is 18.8. The summed E-state index contributed by atoms with van der Waals surface area (Å²) >= 11 is 6.03. The molecule has 1 amide bonds. The van der Waals surface area contributed by atoms with E-state index in [2.05, 4.69) is 0 Å². The molecule has 4 aromatic rings. The monoisotopic (exact) mass is 373 g/mol. The molecule has 0 atom stereocenters. The first-order valence-corrected chi connectivity index (χ1v) is 8.84. The Kier molecular flexibility index (Phi) is 4.53. The molecular weight excluding hydrogens is 358 g/mol. The summed E-state index contributed by atoms with van der Waals surface area (Å²) in [4.78, 5) is 11.1. The van der Waals surface area contributed by atoms with E-state index in [0.29, 0.717) is 10.6 Å². The minimum Gasteiger partial charge on any atom is -0.456 e. The lowest BCUT2D eigenvalue weighted by atomic mass is 10.1. The number of nitrogens with two attached hydrogens (primary N) is 1. The summed E-state index contributed by atoms with van der Waals surface area (Å²) in [5, 5.41) is 1.68. The molecule has 0 aliphatic heterocycles. The predicted molar refractivity (Wildman–Crippen MR) is 111 cm³/mol. The second-order valence-corrected chi connectivity index (χ2v) is 6.67. The van der Waals surface area contributed by atoms with Crippen molar-refractivity contribution in [3.05, 3.63) is 94.5 Å². The van der Waals surface area contributed by atoms with E-state index >= 15 is 0 Å². The van der Waals surface area contributed by atoms with E-state index in [9.17, 15) is 4.79 Å². The number of carbonyl (C=O) groups is 1. The van der Waals surface area contributed by atoms with Crippen LogP contribution in [0, 0.1) is 0 Å². The largest absolute Gasteiger partial charge is 0.456 e. The standard InChI is InChI=1S/C23H16ClNO2/c24-20-11-12-21-19(13-20)14-22(27-21)17-7-3-15(4-8-17)1-2-16-5-9-18(10-6-16)23(25)26/h1-14H,(H2,25,26). The molecule has 132 valence electrons. The first-order chi connectivity index (χ1) is 13.1. The van der Waals surface area contributed by atoms with Crippen LogP contribution in [0.2, 0.25) is 5.02 Å². The van der Waals surface area contributed by atoms with Crippen molar-refractivity contribution in [2.45, 2.75) is 0 Å². The van der Waals surface area contributed by atoms with Crippen molar-refractivity contribution in [2.75, 3.05) is 0 Å². The maximum Gasteiger partial charge on any atom is 0.248 e. The summed E-state index contributed by atoms with van der Waals surface area (Å²) in [7, 11) is 0. The fourth-order valence-electron chi connectivity index (χ4n) is 2.87. The minimum absolute atomic E-state index is 0.422. The van der Waals surface area contributed by atoms with Gasteiger partial charge in [-0.05, 0) is 47.5 Å². The SMILES string of the molecule is NC(=O)c1ccc(C=Cc2ccc(-c3cc4cc(Cl)ccc4o3)cc2)cc1. The van der Waals surface area contributed by atoms with Gasteiger partial charge in [0.2, 0.25) is 5.91 Å². The summed E-state index contributed by atoms with van der Waals surface area (Å²) in [5.41, 5.74) is 9.64. The van der Waals surface area contributed by atoms with E-state index in [4.69, 9.17) is 21.8 Å². The molecule has 2 N–H and O–H groups in total. The van der Waals surface area contributed by atoms with Crippen LogP contribution in [0.1, 0.15) is 21.5 Å². The Hall–Kier alpha value is -3.30. The van der Waals surface area contributed by atoms with Crippen molar-refractivity contribution < 1.29 is 9.21 Å². The van der Waals surface area contributed by atoms with Crippen LogP contribution in [-0.4, -0.2) is 5.91 Å². The molecule has 0 saturated carbocycles. The van der Waals surface area contributed by atoms with Crippen LogP contribution >= 0.6 is 11.6 Å². The van der Waals surface area contributed by atoms with Gasteiger partial charge in [0.1, 0.15) is 11.3 Å². The average molecular weight is 374 g/mol. The number of hydrogen-bond acceptors (Lipinski definition) is 2. The number of amides is 1. The van der Waals surface area contributed by atoms with Gasteiger partial charge in [-0.15, -0.1) is 0 Å². The van der Waals surface area contributed by atoms with Gasteiger partial charge in [-0.25, -0.2) is 0 Å². The molecule has 0 aliphatic carbocycles. The zero-order valence-corrected chi connectivity index (χ0v) is 15.1. The van der Waals surface area contributed by atoms with Gasteiger partial charge in [0.25, 0.3) is 0 Å². The van der Waals surface area contributed by atoms with Crippen molar-refractivity contribution in [1.29, 1.82) is 0 Å². The second kappa shape index (κ2) is 7.14. The molecule has 4 rings (SSSR count). The Labute approximate surface area is 161 Å². The lowest BCUT2D eigenvalue weighted by Crippen LogP contribution is -2.10. The van der Waals surface area contributed by atoms with Crippen LogP contribution in [0.3, 0.4) is 0 Å². The first-order valence-electron chi connectivity index (χ1n) is 8.46. The fraction of sp³-hybridized carbons (Fsp3) is 0. The Morgan fingerprint density at radius 1 is 0.852 bits per heavy atom. The topological polar surface area (TPSA) is 56.2 Å². The number of benzene rings is 3. The lowest BCUT2D eigenvalue weighted by Gasteiger charge is -1.99. The van der Waals surface area contributed by atoms with E-state index in [0.717, 1.165) is 33.4 Å². The van der Waals surface area contributed by atoms with Crippen molar-refractivity contribution in [3.8, 4) is 11.3 Å². The van der Waals surface area contributed by atoms with Crippen LogP contribution in [-0.2, 0) is 0 Å². The van der Waals surface area contributed by atoms with Crippen LogP contribution in [0.15, 0.2) is 77.2 Å². The van der Waals surface area contributed by atoms with Gasteiger partial charge in [0.15, 0.2) is 0 Å². The third-order valence-corrected chi connectivity index (χ3v) is 4.57. The molecule has 1 aromatic heterocycles. The Morgan fingerprint density at radius 2 is 1.48 bits per heavy atom. The highest BCUT2D eigenvalue weighted by molar-refractivity contribution is 6.31. The van der Waals surface area contributed by atoms with Gasteiger partial charge in [0.05, 0.1) is 0 Å². The molecule has 27 heavy (non-hydrogen) atoms. The van der Waals surface area contributed by atoms with Crippen molar-refractivity contribution in [2.24, 2.45) is 5.73 Å². The number of furan rings is 1. The van der Waals surface area contributed by atoms with E-state index < -0.39 is 5.91 Å². The number of hydrogen-bond donors (Lipinski definition) is 1. The number of fused-ring (bicyclic) bond motifs is 1. The van der Waals surface area contributed by atoms with Crippen molar-refractivity contribution >= 4 is 40.6 Å². The summed E-state index contributed by atoms with van der Waals surface area (Å²) in [6.07, 6.45) is 4.00. The van der Waals surface area contributed by atoms with Gasteiger partial charge >= 0.3 is 0 Å². The van der Waals surface area contributed by atoms with Gasteiger partial charge in [-0.2, -0.15) is 0 Å². The third kappa shape index (κ3) is 3.78. The fourth-order valence-corrected chi connectivity index (χ4v) is 3.05. The van der Waals surface area contributed by atoms with Crippen LogP contribution in [0.25, 0.3) is 34.4 Å². The molecule has 0 aliphatic rings. The molecule has 0 fully saturated rings. The van der Waals surface area contributed by atoms with Gasteiger partial charge in [-0.1, -0.05) is 60.2 Å². The van der Waals surface area contributed by atoms with E-state index in [-0.39, 0.29) is 0 Å². The second-order valence-electron chi connectivity index (χ2n) is 6.23. The molecular formula is C23H16ClNO2. The quantitative estimate of drug-likeness (QED) is 0.444. The van der Waals surface area contributed by atoms with Crippen LogP contribution < -0.4 is 5.73 Å². The maximum atomic E-state index is 11.1. The molecule has 3 nitrogen and oxygen atoms in total. The highest BCUT2D eigenvalue weighted by atomic mass is 35.5. The summed E-state index contributed by atoms with van der Waals surface area (Å²) in [5.74, 6) is 0.388. The average Bonchev–Trinajstić information content (AvgIpc) is 3.10. The summed E-state index contributed by atoms with van der Waals surface area (Å²) in [6, 6.07) is 22.9. The number of rotatable bonds is 4. The smallest absolute Gasteiger partial charge is 0.248 e. The van der Waals surface area contributed by atoms with E-state index in [1.165, 1.54) is 0 Å². The Bertz CT molecular complexity index is 1140. The van der Waals surface area contributed by atoms with Gasteiger partial charge in [-0.3, -0.25) is 4.79 Å². The molecule has 4 heteroatoms. The highest BCUT2D eigenvalue weighted by Crippen LogP contribution is 2.29. The minimum atomic E-state index is -0.422. The number of primary amides is 1. The number of halogens is 1. The summed E-state index contributed by atoms with van der Waals surface area (Å²) < 4.78 is 5.89. The molecule has 0 unspecified atom stereocenters. The molecule has 0 bridgehead atoms. The van der Waals surface area contributed by atoms with Crippen LogP contribution in [0.5, 0.6) is 0 Å². The van der Waals surface area contributed by atoms with Gasteiger partial charge in [0, 0.05) is 21.5 Å². The Morgan fingerprint density at radius 3 is 2.11 bits per heavy atom. The van der Waals surface area contributed by atoms with Gasteiger partial charge < -0.3 is 10.2 Å². The maximum absolute atomic E-state index is 11.1. The van der Waals surface area contributed by atoms with E-state index in [1.54, 1.807) is 12.1 Å². The molecule has 0 radical (unpaired) electrons. The normalized spacial score (nSPS) is 11.3. The highest BCUT2D eigenvalue weighted by Gasteiger charge is 2.06. The predicted octanol–water partition coefficient (Wildman–Crippen LogP) is 6.02. The Balaban J connectivity index is 1.53. The molecule has 0 spiro atoms. The zero-order valence-electron chi connectivity index (χ0n) is 14.4. The molecule has 0 saturated heterocycles.